The molecule has 8 nitrogen and oxygen atoms in total. The smallest absolute Gasteiger partial charge is 0.252 e. The minimum atomic E-state index is -3.70. The second-order valence-electron chi connectivity index (χ2n) is 5.34. The molecule has 1 aromatic heterocycles. The first-order valence-corrected chi connectivity index (χ1v) is 11.3. The molecule has 0 aliphatic carbocycles. The van der Waals surface area contributed by atoms with E-state index in [0.717, 1.165) is 11.3 Å². The molecular formula is C13H23N3O5S3. The maximum absolute atomic E-state index is 12.8. The number of nitrogens with one attached hydrogen (secondary N) is 2. The lowest BCUT2D eigenvalue weighted by atomic mass is 10.1. The third-order valence-corrected chi connectivity index (χ3v) is 9.21. The van der Waals surface area contributed by atoms with E-state index in [4.69, 9.17) is 4.74 Å². The molecule has 0 saturated carbocycles. The third kappa shape index (κ3) is 3.82. The fourth-order valence-electron chi connectivity index (χ4n) is 2.58. The Labute approximate surface area is 147 Å². The number of likely N-dealkylation sites (N-methyl/N-ethyl adjacent to an activating group) is 1. The fourth-order valence-corrected chi connectivity index (χ4v) is 7.30. The molecule has 1 unspecified atom stereocenters. The van der Waals surface area contributed by atoms with Gasteiger partial charge in [0.15, 0.2) is 0 Å². The van der Waals surface area contributed by atoms with Gasteiger partial charge >= 0.3 is 0 Å². The average Bonchev–Trinajstić information content (AvgIpc) is 2.99. The van der Waals surface area contributed by atoms with Crippen LogP contribution in [0.3, 0.4) is 0 Å². The van der Waals surface area contributed by atoms with E-state index >= 15 is 0 Å². The summed E-state index contributed by atoms with van der Waals surface area (Å²) in [5, 5.41) is 3.24. The summed E-state index contributed by atoms with van der Waals surface area (Å²) < 4.78 is 58.5. The van der Waals surface area contributed by atoms with Gasteiger partial charge in [-0.1, -0.05) is 6.92 Å². The fraction of sp³-hybridized carbons (Fsp3) is 0.692. The number of fused-ring (bicyclic) bond motifs is 1. The summed E-state index contributed by atoms with van der Waals surface area (Å²) in [4.78, 5) is 0. The molecule has 24 heavy (non-hydrogen) atoms. The SMILES string of the molecule is CCNC1CN(CCCOC)S(=O)(=O)c2sc(S(=O)(=O)NC)cc21. The van der Waals surface area contributed by atoms with E-state index in [1.807, 2.05) is 6.92 Å². The minimum Gasteiger partial charge on any atom is -0.385 e. The topological polar surface area (TPSA) is 105 Å². The van der Waals surface area contributed by atoms with Crippen molar-refractivity contribution in [1.82, 2.24) is 14.3 Å². The van der Waals surface area contributed by atoms with Crippen LogP contribution in [-0.4, -0.2) is 61.5 Å². The molecule has 0 bridgehead atoms. The minimum absolute atomic E-state index is 0.0141. The maximum Gasteiger partial charge on any atom is 0.252 e. The first-order chi connectivity index (χ1) is 11.3. The zero-order valence-corrected chi connectivity index (χ0v) is 16.4. The van der Waals surface area contributed by atoms with Gasteiger partial charge in [-0.05, 0) is 26.1 Å². The number of ether oxygens (including phenoxy) is 1. The van der Waals surface area contributed by atoms with E-state index in [1.54, 1.807) is 7.11 Å². The first-order valence-electron chi connectivity index (χ1n) is 7.57. The Kier molecular flexibility index (Phi) is 6.40. The van der Waals surface area contributed by atoms with Crippen LogP contribution < -0.4 is 10.0 Å². The number of methoxy groups -OCH3 is 1. The van der Waals surface area contributed by atoms with Crippen molar-refractivity contribution in [3.63, 3.8) is 0 Å². The summed E-state index contributed by atoms with van der Waals surface area (Å²) >= 11 is 0.795. The van der Waals surface area contributed by atoms with Crippen LogP contribution in [-0.2, 0) is 24.8 Å². The lowest BCUT2D eigenvalue weighted by molar-refractivity contribution is 0.185. The third-order valence-electron chi connectivity index (χ3n) is 3.78. The van der Waals surface area contributed by atoms with Gasteiger partial charge in [-0.25, -0.2) is 21.6 Å². The Morgan fingerprint density at radius 2 is 2.17 bits per heavy atom. The van der Waals surface area contributed by atoms with Gasteiger partial charge in [0.2, 0.25) is 10.0 Å². The highest BCUT2D eigenvalue weighted by molar-refractivity contribution is 7.94. The second-order valence-corrected chi connectivity index (χ2v) is 10.6. The number of nitrogens with zero attached hydrogens (tertiary/aromatic N) is 1. The zero-order chi connectivity index (χ0) is 18.0. The van der Waals surface area contributed by atoms with Crippen LogP contribution >= 0.6 is 11.3 Å². The van der Waals surface area contributed by atoms with Gasteiger partial charge in [0.05, 0.1) is 0 Å². The second kappa shape index (κ2) is 7.77. The molecule has 0 saturated heterocycles. The standard InChI is InChI=1S/C13H23N3O5S3/c1-4-15-11-9-16(6-5-7-21-3)24(19,20)13-10(11)8-12(22-13)23(17,18)14-2/h8,11,14-15H,4-7,9H2,1-3H3. The highest BCUT2D eigenvalue weighted by Crippen LogP contribution is 2.40. The molecule has 2 heterocycles. The summed E-state index contributed by atoms with van der Waals surface area (Å²) in [6, 6.07) is 1.23. The Morgan fingerprint density at radius 1 is 1.46 bits per heavy atom. The summed E-state index contributed by atoms with van der Waals surface area (Å²) in [5.41, 5.74) is 0.527. The summed E-state index contributed by atoms with van der Waals surface area (Å²) in [6.45, 7) is 3.66. The van der Waals surface area contributed by atoms with Crippen molar-refractivity contribution in [2.45, 2.75) is 27.8 Å². The molecule has 2 N–H and O–H groups in total. The van der Waals surface area contributed by atoms with Crippen LogP contribution in [0, 0.1) is 0 Å². The molecule has 0 fully saturated rings. The largest absolute Gasteiger partial charge is 0.385 e. The number of hydrogen-bond donors (Lipinski definition) is 2. The van der Waals surface area contributed by atoms with Gasteiger partial charge in [0, 0.05) is 38.4 Å². The molecule has 0 radical (unpaired) electrons. The molecule has 1 atom stereocenters. The Hall–Kier alpha value is -0.560. The molecule has 11 heteroatoms. The van der Waals surface area contributed by atoms with Crippen LogP contribution in [0.4, 0.5) is 0 Å². The molecule has 1 aliphatic heterocycles. The molecule has 1 aromatic rings. The summed E-state index contributed by atoms with van der Waals surface area (Å²) in [7, 11) is -4.50. The Bertz CT molecular complexity index is 773. The van der Waals surface area contributed by atoms with E-state index in [2.05, 4.69) is 10.0 Å². The predicted molar refractivity (Wildman–Crippen MR) is 92.2 cm³/mol. The van der Waals surface area contributed by atoms with E-state index in [-0.39, 0.29) is 21.0 Å². The summed E-state index contributed by atoms with van der Waals surface area (Å²) in [6.07, 6.45) is 0.580. The quantitative estimate of drug-likeness (QED) is 0.613. The van der Waals surface area contributed by atoms with Crippen LogP contribution in [0.5, 0.6) is 0 Å². The highest BCUT2D eigenvalue weighted by atomic mass is 32.3. The monoisotopic (exact) mass is 397 g/mol. The van der Waals surface area contributed by atoms with E-state index < -0.39 is 20.0 Å². The van der Waals surface area contributed by atoms with Crippen LogP contribution in [0.2, 0.25) is 0 Å². The van der Waals surface area contributed by atoms with Crippen LogP contribution in [0.15, 0.2) is 14.5 Å². The normalized spacial score (nSPS) is 20.9. The van der Waals surface area contributed by atoms with E-state index in [0.29, 0.717) is 31.7 Å². The van der Waals surface area contributed by atoms with Gasteiger partial charge in [0.25, 0.3) is 10.0 Å². The van der Waals surface area contributed by atoms with Gasteiger partial charge in [0.1, 0.15) is 8.42 Å². The van der Waals surface area contributed by atoms with E-state index in [9.17, 15) is 16.8 Å². The van der Waals surface area contributed by atoms with Crippen molar-refractivity contribution in [3.8, 4) is 0 Å². The Morgan fingerprint density at radius 3 is 2.75 bits per heavy atom. The molecule has 0 spiro atoms. The molecule has 0 amide bonds. The van der Waals surface area contributed by atoms with Crippen molar-refractivity contribution in [1.29, 1.82) is 0 Å². The maximum atomic E-state index is 12.8. The van der Waals surface area contributed by atoms with Crippen molar-refractivity contribution < 1.29 is 21.6 Å². The lowest BCUT2D eigenvalue weighted by Crippen LogP contribution is -2.43. The average molecular weight is 398 g/mol. The molecular weight excluding hydrogens is 374 g/mol. The van der Waals surface area contributed by atoms with Gasteiger partial charge in [-0.3, -0.25) is 0 Å². The predicted octanol–water partition coefficient (Wildman–Crippen LogP) is 0.348. The molecule has 0 aromatic carbocycles. The Balaban J connectivity index is 2.46. The summed E-state index contributed by atoms with van der Waals surface area (Å²) in [5.74, 6) is 0. The zero-order valence-electron chi connectivity index (χ0n) is 13.9. The number of hydrogen-bond acceptors (Lipinski definition) is 7. The van der Waals surface area contributed by atoms with Gasteiger partial charge < -0.3 is 10.1 Å². The number of thiophene rings is 1. The lowest BCUT2D eigenvalue weighted by Gasteiger charge is -2.32. The van der Waals surface area contributed by atoms with Gasteiger partial charge in [-0.15, -0.1) is 11.3 Å². The first kappa shape index (κ1) is 19.8. The van der Waals surface area contributed by atoms with Crippen molar-refractivity contribution in [2.75, 3.05) is 40.4 Å². The van der Waals surface area contributed by atoms with E-state index in [1.165, 1.54) is 17.4 Å². The van der Waals surface area contributed by atoms with Crippen molar-refractivity contribution in [3.05, 3.63) is 11.6 Å². The van der Waals surface area contributed by atoms with Crippen molar-refractivity contribution >= 4 is 31.4 Å². The van der Waals surface area contributed by atoms with Gasteiger partial charge in [-0.2, -0.15) is 4.31 Å². The van der Waals surface area contributed by atoms with Crippen molar-refractivity contribution in [2.24, 2.45) is 0 Å². The van der Waals surface area contributed by atoms with Crippen LogP contribution in [0.25, 0.3) is 0 Å². The highest BCUT2D eigenvalue weighted by Gasteiger charge is 2.39. The molecule has 1 aliphatic rings. The van der Waals surface area contributed by atoms with Crippen LogP contribution in [0.1, 0.15) is 24.9 Å². The molecule has 138 valence electrons. The number of rotatable bonds is 8. The molecule has 2 rings (SSSR count). The number of sulfonamides is 2.